The number of halogens is 1. The molecule has 9 heteroatoms. The fourth-order valence-electron chi connectivity index (χ4n) is 3.52. The molecule has 1 atom stereocenters. The number of rotatable bonds is 10. The van der Waals surface area contributed by atoms with Crippen LogP contribution in [0.25, 0.3) is 11.2 Å². The minimum atomic E-state index is -0.174. The summed E-state index contributed by atoms with van der Waals surface area (Å²) in [4.78, 5) is 13.9. The van der Waals surface area contributed by atoms with E-state index in [1.165, 1.54) is 0 Å². The number of imidazole rings is 1. The number of para-hydroxylation sites is 1. The first-order valence-electron chi connectivity index (χ1n) is 10.7. The van der Waals surface area contributed by atoms with Crippen LogP contribution < -0.4 is 10.6 Å². The first-order chi connectivity index (χ1) is 14.9. The number of aromatic nitrogens is 4. The molecular weight excluding hydrogens is 416 g/mol. The van der Waals surface area contributed by atoms with E-state index >= 15 is 0 Å². The molecule has 0 fully saturated rings. The molecule has 0 bridgehead atoms. The fraction of sp³-hybridized carbons (Fsp3) is 0.500. The Hall–Kier alpha value is -2.58. The van der Waals surface area contributed by atoms with Crippen molar-refractivity contribution >= 4 is 34.5 Å². The lowest BCUT2D eigenvalue weighted by atomic mass is 10.1. The topological polar surface area (TPSA) is 108 Å². The summed E-state index contributed by atoms with van der Waals surface area (Å²) in [5.41, 5.74) is 2.04. The monoisotopic (exact) mass is 446 g/mol. The van der Waals surface area contributed by atoms with Crippen molar-refractivity contribution in [2.75, 3.05) is 17.2 Å². The van der Waals surface area contributed by atoms with Crippen LogP contribution in [0.3, 0.4) is 0 Å². The van der Waals surface area contributed by atoms with E-state index in [1.807, 2.05) is 13.8 Å². The number of aliphatic hydroxyl groups is 1. The Morgan fingerprint density at radius 2 is 1.90 bits per heavy atom. The van der Waals surface area contributed by atoms with Crippen LogP contribution in [-0.4, -0.2) is 42.4 Å². The van der Waals surface area contributed by atoms with Crippen LogP contribution >= 0.6 is 11.6 Å². The molecule has 1 unspecified atom stereocenters. The van der Waals surface area contributed by atoms with Crippen LogP contribution in [0.15, 0.2) is 24.5 Å². The smallest absolute Gasteiger partial charge is 0.227 e. The lowest BCUT2D eigenvalue weighted by Gasteiger charge is -2.21. The van der Waals surface area contributed by atoms with Gasteiger partial charge in [0.1, 0.15) is 5.75 Å². The molecule has 0 spiro atoms. The third-order valence-electron chi connectivity index (χ3n) is 5.59. The van der Waals surface area contributed by atoms with Crippen LogP contribution in [0.5, 0.6) is 5.75 Å². The van der Waals surface area contributed by atoms with Crippen molar-refractivity contribution in [2.24, 2.45) is 5.92 Å². The summed E-state index contributed by atoms with van der Waals surface area (Å²) >= 11 is 6.04. The van der Waals surface area contributed by atoms with Crippen LogP contribution in [0.2, 0.25) is 5.02 Å². The largest absolute Gasteiger partial charge is 0.506 e. The van der Waals surface area contributed by atoms with Crippen molar-refractivity contribution in [2.45, 2.75) is 59.2 Å². The number of nitrogens with one attached hydrogen (secondary N) is 2. The highest BCUT2D eigenvalue weighted by Gasteiger charge is 2.20. The van der Waals surface area contributed by atoms with E-state index in [0.717, 1.165) is 18.5 Å². The van der Waals surface area contributed by atoms with Gasteiger partial charge in [-0.05, 0) is 24.8 Å². The molecule has 2 heterocycles. The molecule has 8 nitrogen and oxygen atoms in total. The van der Waals surface area contributed by atoms with E-state index in [1.54, 1.807) is 24.5 Å². The first kappa shape index (κ1) is 23.1. The second kappa shape index (κ2) is 10.2. The summed E-state index contributed by atoms with van der Waals surface area (Å²) in [6, 6.07) is 5.33. The van der Waals surface area contributed by atoms with Gasteiger partial charge in [-0.2, -0.15) is 9.97 Å². The molecule has 2 aromatic heterocycles. The van der Waals surface area contributed by atoms with Gasteiger partial charge in [0.2, 0.25) is 5.95 Å². The quantitative estimate of drug-likeness (QED) is 0.360. The molecule has 0 aliphatic rings. The first-order valence-corrected chi connectivity index (χ1v) is 11.1. The highest BCUT2D eigenvalue weighted by molar-refractivity contribution is 6.32. The molecule has 3 rings (SSSR count). The van der Waals surface area contributed by atoms with E-state index in [9.17, 15) is 10.2 Å². The summed E-state index contributed by atoms with van der Waals surface area (Å²) in [5.74, 6) is 1.22. The predicted molar refractivity (Wildman–Crippen MR) is 125 cm³/mol. The van der Waals surface area contributed by atoms with Crippen LogP contribution in [-0.2, 0) is 6.54 Å². The van der Waals surface area contributed by atoms with Crippen LogP contribution in [0, 0.1) is 5.92 Å². The van der Waals surface area contributed by atoms with Gasteiger partial charge in [0.15, 0.2) is 17.0 Å². The maximum atomic E-state index is 10.2. The Kier molecular flexibility index (Phi) is 7.56. The molecule has 0 aliphatic carbocycles. The van der Waals surface area contributed by atoms with E-state index in [4.69, 9.17) is 16.6 Å². The SMILES string of the molecule is CCC(CC)n1cnc2c(NCc3cccc(Cl)c3O)nc(NC(CO)C(C)C)nc21. The fourth-order valence-corrected chi connectivity index (χ4v) is 3.72. The van der Waals surface area contributed by atoms with Gasteiger partial charge in [0.25, 0.3) is 0 Å². The average molecular weight is 447 g/mol. The summed E-state index contributed by atoms with van der Waals surface area (Å²) in [6.07, 6.45) is 3.72. The lowest BCUT2D eigenvalue weighted by Crippen LogP contribution is -2.30. The number of benzene rings is 1. The van der Waals surface area contributed by atoms with Gasteiger partial charge in [-0.25, -0.2) is 4.98 Å². The predicted octanol–water partition coefficient (Wildman–Crippen LogP) is 4.59. The maximum absolute atomic E-state index is 10.2. The lowest BCUT2D eigenvalue weighted by molar-refractivity contribution is 0.248. The molecule has 0 saturated carbocycles. The molecular formula is C22H31ClN6O2. The zero-order valence-corrected chi connectivity index (χ0v) is 19.2. The van der Waals surface area contributed by atoms with Crippen molar-refractivity contribution in [3.63, 3.8) is 0 Å². The number of aliphatic hydroxyl groups excluding tert-OH is 1. The number of fused-ring (bicyclic) bond motifs is 1. The van der Waals surface area contributed by atoms with Gasteiger partial charge in [-0.3, -0.25) is 0 Å². The number of hydrogen-bond acceptors (Lipinski definition) is 7. The zero-order chi connectivity index (χ0) is 22.5. The van der Waals surface area contributed by atoms with E-state index in [2.05, 4.69) is 39.0 Å². The highest BCUT2D eigenvalue weighted by atomic mass is 35.5. The van der Waals surface area contributed by atoms with Gasteiger partial charge in [0.05, 0.1) is 24.0 Å². The Labute approximate surface area is 187 Å². The Bertz CT molecular complexity index is 1020. The molecule has 0 radical (unpaired) electrons. The highest BCUT2D eigenvalue weighted by Crippen LogP contribution is 2.30. The number of aromatic hydroxyl groups is 1. The number of phenolic OH excluding ortho intramolecular Hbond substituents is 1. The van der Waals surface area contributed by atoms with Gasteiger partial charge in [-0.1, -0.05) is 51.4 Å². The third-order valence-corrected chi connectivity index (χ3v) is 5.89. The van der Waals surface area contributed by atoms with E-state index in [-0.39, 0.29) is 30.4 Å². The van der Waals surface area contributed by atoms with Crippen LogP contribution in [0.1, 0.15) is 52.1 Å². The molecule has 0 aliphatic heterocycles. The van der Waals surface area contributed by atoms with Crippen LogP contribution in [0.4, 0.5) is 11.8 Å². The van der Waals surface area contributed by atoms with E-state index < -0.39 is 0 Å². The normalized spacial score (nSPS) is 12.6. The number of anilines is 2. The second-order valence-electron chi connectivity index (χ2n) is 7.97. The molecule has 0 saturated heterocycles. The summed E-state index contributed by atoms with van der Waals surface area (Å²) in [6.45, 7) is 8.64. The number of phenols is 1. The molecule has 4 N–H and O–H groups in total. The van der Waals surface area contributed by atoms with Crippen molar-refractivity contribution in [3.8, 4) is 5.75 Å². The van der Waals surface area contributed by atoms with Gasteiger partial charge in [-0.15, -0.1) is 0 Å². The summed E-state index contributed by atoms with van der Waals surface area (Å²) < 4.78 is 2.08. The molecule has 1 aromatic carbocycles. The van der Waals surface area contributed by atoms with Gasteiger partial charge in [0, 0.05) is 18.2 Å². The van der Waals surface area contributed by atoms with E-state index in [0.29, 0.717) is 34.4 Å². The summed E-state index contributed by atoms with van der Waals surface area (Å²) in [7, 11) is 0. The number of hydrogen-bond donors (Lipinski definition) is 4. The molecule has 0 amide bonds. The standard InChI is InChI=1S/C22H31ClN6O2/c1-5-15(6-2)29-12-25-18-20(24-10-14-8-7-9-16(23)19(14)31)27-22(28-21(18)29)26-17(11-30)13(3)4/h7-9,12-13,15,17,30-31H,5-6,10-11H2,1-4H3,(H2,24,26,27,28). The number of nitrogens with zero attached hydrogens (tertiary/aromatic N) is 4. The van der Waals surface area contributed by atoms with Gasteiger partial charge < -0.3 is 25.4 Å². The zero-order valence-electron chi connectivity index (χ0n) is 18.4. The third kappa shape index (κ3) is 5.02. The van der Waals surface area contributed by atoms with Crippen molar-refractivity contribution in [1.29, 1.82) is 0 Å². The second-order valence-corrected chi connectivity index (χ2v) is 8.38. The van der Waals surface area contributed by atoms with Crippen molar-refractivity contribution in [1.82, 2.24) is 19.5 Å². The Morgan fingerprint density at radius 1 is 1.16 bits per heavy atom. The minimum Gasteiger partial charge on any atom is -0.506 e. The molecule has 31 heavy (non-hydrogen) atoms. The van der Waals surface area contributed by atoms with Crippen molar-refractivity contribution < 1.29 is 10.2 Å². The maximum Gasteiger partial charge on any atom is 0.227 e. The Balaban J connectivity index is 2.02. The average Bonchev–Trinajstić information content (AvgIpc) is 3.17. The summed E-state index contributed by atoms with van der Waals surface area (Å²) in [5, 5.41) is 26.8. The van der Waals surface area contributed by atoms with Gasteiger partial charge >= 0.3 is 0 Å². The Morgan fingerprint density at radius 3 is 2.55 bits per heavy atom. The molecule has 168 valence electrons. The molecule has 3 aromatic rings. The van der Waals surface area contributed by atoms with Crippen molar-refractivity contribution in [3.05, 3.63) is 35.1 Å². The minimum absolute atomic E-state index is 0.0238.